The number of thiocarbonyl (C=S) groups is 1. The molecule has 0 bridgehead atoms. The van der Waals surface area contributed by atoms with E-state index >= 15 is 0 Å². The normalized spacial score (nSPS) is 9.09. The molecular weight excluding hydrogens is 154 g/mol. The van der Waals surface area contributed by atoms with Gasteiger partial charge in [-0.3, -0.25) is 0 Å². The van der Waals surface area contributed by atoms with Gasteiger partial charge in [0.25, 0.3) is 0 Å². The summed E-state index contributed by atoms with van der Waals surface area (Å²) in [6.45, 7) is 4.47. The SMILES string of the molecule is C=CC[n+]1ccc([C]=S)cc1. The molecular formula is C9H9NS+. The molecule has 0 fully saturated rings. The predicted molar refractivity (Wildman–Crippen MR) is 48.5 cm³/mol. The molecule has 0 atom stereocenters. The molecule has 1 aromatic rings. The van der Waals surface area contributed by atoms with Crippen molar-refractivity contribution in [2.75, 3.05) is 0 Å². The van der Waals surface area contributed by atoms with E-state index in [-0.39, 0.29) is 0 Å². The molecule has 0 saturated heterocycles. The van der Waals surface area contributed by atoms with Crippen LogP contribution in [-0.2, 0) is 6.54 Å². The van der Waals surface area contributed by atoms with Crippen LogP contribution in [0.15, 0.2) is 37.2 Å². The standard InChI is InChI=1S/C9H9NS/c1-2-5-10-6-3-9(8-11)4-7-10/h2-4,6-7H,1,5H2/q+1. The lowest BCUT2D eigenvalue weighted by Gasteiger charge is -1.90. The molecule has 1 radical (unpaired) electrons. The highest BCUT2D eigenvalue weighted by Crippen LogP contribution is 1.89. The lowest BCUT2D eigenvalue weighted by Crippen LogP contribution is -2.31. The second-order valence-corrected chi connectivity index (χ2v) is 2.38. The highest BCUT2D eigenvalue weighted by molar-refractivity contribution is 7.79. The van der Waals surface area contributed by atoms with Crippen molar-refractivity contribution in [1.82, 2.24) is 0 Å². The summed E-state index contributed by atoms with van der Waals surface area (Å²) in [6.07, 6.45) is 5.76. The van der Waals surface area contributed by atoms with Gasteiger partial charge >= 0.3 is 0 Å². The van der Waals surface area contributed by atoms with E-state index in [2.05, 4.69) is 24.2 Å². The smallest absolute Gasteiger partial charge is 0.169 e. The molecule has 1 heterocycles. The van der Waals surface area contributed by atoms with E-state index in [4.69, 9.17) is 0 Å². The van der Waals surface area contributed by atoms with Crippen molar-refractivity contribution in [2.24, 2.45) is 0 Å². The van der Waals surface area contributed by atoms with Crippen LogP contribution in [0.2, 0.25) is 0 Å². The molecule has 11 heavy (non-hydrogen) atoms. The zero-order valence-corrected chi connectivity index (χ0v) is 6.97. The molecule has 0 N–H and O–H groups in total. The van der Waals surface area contributed by atoms with Crippen molar-refractivity contribution < 1.29 is 4.57 Å². The largest absolute Gasteiger partial charge is 0.201 e. The first kappa shape index (κ1) is 8.08. The van der Waals surface area contributed by atoms with Crippen LogP contribution in [0.1, 0.15) is 5.56 Å². The van der Waals surface area contributed by atoms with Crippen molar-refractivity contribution in [3.05, 3.63) is 42.7 Å². The Bertz CT molecular complexity index is 251. The van der Waals surface area contributed by atoms with E-state index in [1.165, 1.54) is 0 Å². The summed E-state index contributed by atoms with van der Waals surface area (Å²) in [5.74, 6) is 0. The van der Waals surface area contributed by atoms with Crippen LogP contribution in [0.3, 0.4) is 0 Å². The minimum absolute atomic E-state index is 0.831. The zero-order valence-electron chi connectivity index (χ0n) is 6.16. The molecule has 2 heteroatoms. The van der Waals surface area contributed by atoms with Gasteiger partial charge in [0.05, 0.1) is 5.37 Å². The second-order valence-electron chi connectivity index (χ2n) is 2.17. The summed E-state index contributed by atoms with van der Waals surface area (Å²) in [5.41, 5.74) is 0.945. The maximum atomic E-state index is 4.65. The van der Waals surface area contributed by atoms with Crippen molar-refractivity contribution in [3.8, 4) is 0 Å². The van der Waals surface area contributed by atoms with Crippen molar-refractivity contribution in [1.29, 1.82) is 0 Å². The van der Waals surface area contributed by atoms with Crippen molar-refractivity contribution >= 4 is 17.6 Å². The Labute approximate surface area is 72.0 Å². The number of aromatic nitrogens is 1. The first-order valence-electron chi connectivity index (χ1n) is 3.35. The summed E-state index contributed by atoms with van der Waals surface area (Å²) in [6, 6.07) is 3.85. The molecule has 55 valence electrons. The van der Waals surface area contributed by atoms with Gasteiger partial charge < -0.3 is 0 Å². The molecule has 0 saturated carbocycles. The molecule has 0 aliphatic rings. The lowest BCUT2D eigenvalue weighted by molar-refractivity contribution is -0.687. The van der Waals surface area contributed by atoms with Gasteiger partial charge in [-0.2, -0.15) is 0 Å². The third-order valence-corrected chi connectivity index (χ3v) is 1.58. The third-order valence-electron chi connectivity index (χ3n) is 1.35. The van der Waals surface area contributed by atoms with Gasteiger partial charge in [-0.1, -0.05) is 18.8 Å². The van der Waals surface area contributed by atoms with E-state index in [0.717, 1.165) is 12.1 Å². The Kier molecular flexibility index (Phi) is 2.93. The van der Waals surface area contributed by atoms with Gasteiger partial charge in [0, 0.05) is 17.7 Å². The van der Waals surface area contributed by atoms with Gasteiger partial charge in [-0.05, 0) is 6.08 Å². The Balaban J connectivity index is 2.81. The molecule has 0 aromatic carbocycles. The molecule has 1 nitrogen and oxygen atoms in total. The first-order valence-corrected chi connectivity index (χ1v) is 3.76. The number of hydrogen-bond donors (Lipinski definition) is 0. The van der Waals surface area contributed by atoms with Gasteiger partial charge in [-0.15, -0.1) is 0 Å². The summed E-state index contributed by atoms with van der Waals surface area (Å²) < 4.78 is 2.02. The maximum Gasteiger partial charge on any atom is 0.169 e. The third kappa shape index (κ3) is 2.24. The van der Waals surface area contributed by atoms with Gasteiger partial charge in [0.15, 0.2) is 18.9 Å². The van der Waals surface area contributed by atoms with E-state index < -0.39 is 0 Å². The van der Waals surface area contributed by atoms with Gasteiger partial charge in [-0.25, -0.2) is 4.57 Å². The summed E-state index contributed by atoms with van der Waals surface area (Å²) in [7, 11) is 0. The quantitative estimate of drug-likeness (QED) is 0.370. The first-order chi connectivity index (χ1) is 5.36. The molecule has 0 unspecified atom stereocenters. The molecule has 0 spiro atoms. The number of allylic oxidation sites excluding steroid dienone is 1. The molecule has 0 amide bonds. The number of pyridine rings is 1. The van der Waals surface area contributed by atoms with Crippen LogP contribution in [0, 0.1) is 0 Å². The molecule has 0 aliphatic carbocycles. The summed E-state index contributed by atoms with van der Waals surface area (Å²) >= 11 is 4.65. The van der Waals surface area contributed by atoms with Crippen molar-refractivity contribution in [3.63, 3.8) is 0 Å². The van der Waals surface area contributed by atoms with Crippen LogP contribution in [0.5, 0.6) is 0 Å². The number of nitrogens with zero attached hydrogens (tertiary/aromatic N) is 1. The lowest BCUT2D eigenvalue weighted by atomic mass is 10.3. The summed E-state index contributed by atoms with van der Waals surface area (Å²) in [4.78, 5) is 0. The van der Waals surface area contributed by atoms with Crippen LogP contribution < -0.4 is 4.57 Å². The average molecular weight is 163 g/mol. The van der Waals surface area contributed by atoms with E-state index in [0.29, 0.717) is 0 Å². The van der Waals surface area contributed by atoms with E-state index in [9.17, 15) is 0 Å². The predicted octanol–water partition coefficient (Wildman–Crippen LogP) is 1.38. The molecule has 1 aromatic heterocycles. The van der Waals surface area contributed by atoms with Crippen LogP contribution in [0.25, 0.3) is 0 Å². The fraction of sp³-hybridized carbons (Fsp3) is 0.111. The minimum Gasteiger partial charge on any atom is -0.201 e. The summed E-state index contributed by atoms with van der Waals surface area (Å²) in [5, 5.41) is 2.64. The Morgan fingerprint density at radius 2 is 2.18 bits per heavy atom. The minimum atomic E-state index is 0.831. The number of hydrogen-bond acceptors (Lipinski definition) is 1. The van der Waals surface area contributed by atoms with Crippen LogP contribution in [-0.4, -0.2) is 5.37 Å². The number of rotatable bonds is 3. The van der Waals surface area contributed by atoms with Gasteiger partial charge in [0.1, 0.15) is 0 Å². The Morgan fingerprint density at radius 1 is 1.55 bits per heavy atom. The highest BCUT2D eigenvalue weighted by Gasteiger charge is 1.94. The Morgan fingerprint density at radius 3 is 2.64 bits per heavy atom. The maximum absolute atomic E-state index is 4.65. The van der Waals surface area contributed by atoms with Crippen molar-refractivity contribution in [2.45, 2.75) is 6.54 Å². The van der Waals surface area contributed by atoms with Crippen LogP contribution in [0.4, 0.5) is 0 Å². The zero-order chi connectivity index (χ0) is 8.10. The van der Waals surface area contributed by atoms with Crippen LogP contribution >= 0.6 is 12.2 Å². The highest BCUT2D eigenvalue weighted by atomic mass is 32.1. The molecule has 1 rings (SSSR count). The second kappa shape index (κ2) is 3.98. The Hall–Kier alpha value is -1.02. The van der Waals surface area contributed by atoms with E-state index in [1.807, 2.05) is 35.2 Å². The fourth-order valence-corrected chi connectivity index (χ4v) is 0.932. The average Bonchev–Trinajstić information content (AvgIpc) is 2.07. The topological polar surface area (TPSA) is 3.88 Å². The van der Waals surface area contributed by atoms with E-state index in [1.54, 1.807) is 0 Å². The van der Waals surface area contributed by atoms with Gasteiger partial charge in [0.2, 0.25) is 0 Å². The molecule has 0 aliphatic heterocycles. The fourth-order valence-electron chi connectivity index (χ4n) is 0.796. The monoisotopic (exact) mass is 163 g/mol.